The molecule has 2 nitrogen and oxygen atoms in total. The Morgan fingerprint density at radius 3 is 2.75 bits per heavy atom. The molecule has 0 heterocycles. The van der Waals surface area contributed by atoms with E-state index in [1.165, 1.54) is 31.3 Å². The van der Waals surface area contributed by atoms with Gasteiger partial charge in [-0.05, 0) is 80.0 Å². The first-order chi connectivity index (χ1) is 11.4. The first-order valence-electron chi connectivity index (χ1n) is 9.86. The number of allylic oxidation sites excluding steroid dienone is 1. The molecule has 24 heavy (non-hydrogen) atoms. The lowest BCUT2D eigenvalue weighted by atomic mass is 9.47. The fourth-order valence-corrected chi connectivity index (χ4v) is 7.65. The number of carbonyl (C=O) groups is 1. The number of rotatable bonds is 2. The topological polar surface area (TPSA) is 37.3 Å². The van der Waals surface area contributed by atoms with E-state index in [0.29, 0.717) is 22.4 Å². The number of Topliss-reactive ketones (excluding diaryl/α,β-unsaturated/α-hetero) is 1. The van der Waals surface area contributed by atoms with Gasteiger partial charge in [0, 0.05) is 5.92 Å². The van der Waals surface area contributed by atoms with Crippen LogP contribution in [0.25, 0.3) is 0 Å². The van der Waals surface area contributed by atoms with E-state index in [1.54, 1.807) is 0 Å². The molecular formula is C21H31BrO2. The molecule has 0 saturated heterocycles. The quantitative estimate of drug-likeness (QED) is 0.534. The van der Waals surface area contributed by atoms with E-state index in [-0.39, 0.29) is 17.4 Å². The zero-order valence-electron chi connectivity index (χ0n) is 15.1. The zero-order chi connectivity index (χ0) is 17.1. The molecule has 0 aromatic rings. The Balaban J connectivity index is 1.64. The molecule has 4 aliphatic rings. The maximum absolute atomic E-state index is 12.5. The van der Waals surface area contributed by atoms with Gasteiger partial charge in [-0.3, -0.25) is 4.79 Å². The summed E-state index contributed by atoms with van der Waals surface area (Å²) in [5.74, 6) is 2.93. The smallest absolute Gasteiger partial charge is 0.147 e. The number of carbonyl (C=O) groups excluding carboxylic acids is 1. The fourth-order valence-electron chi connectivity index (χ4n) is 7.26. The molecule has 0 bridgehead atoms. The Labute approximate surface area is 154 Å². The maximum atomic E-state index is 12.5. The second-order valence-corrected chi connectivity index (χ2v) is 9.99. The first-order valence-corrected chi connectivity index (χ1v) is 11.0. The SMILES string of the molecule is CC12CCC(O)CC1=CCC1C2CCC2(C)C(C(=O)CBr)CCC12. The molecular weight excluding hydrogens is 364 g/mol. The summed E-state index contributed by atoms with van der Waals surface area (Å²) in [5, 5.41) is 10.6. The molecule has 0 aromatic carbocycles. The largest absolute Gasteiger partial charge is 0.393 e. The molecule has 3 fully saturated rings. The molecule has 3 saturated carbocycles. The number of fused-ring (bicyclic) bond motifs is 5. The van der Waals surface area contributed by atoms with Gasteiger partial charge in [0.25, 0.3) is 0 Å². The number of hydrogen-bond acceptors (Lipinski definition) is 2. The third-order valence-corrected chi connectivity index (χ3v) is 9.15. The molecule has 4 rings (SSSR count). The van der Waals surface area contributed by atoms with Crippen molar-refractivity contribution < 1.29 is 9.90 Å². The van der Waals surface area contributed by atoms with Crippen molar-refractivity contribution in [3.8, 4) is 0 Å². The van der Waals surface area contributed by atoms with Crippen LogP contribution in [-0.4, -0.2) is 22.3 Å². The van der Waals surface area contributed by atoms with Crippen LogP contribution in [0.5, 0.6) is 0 Å². The van der Waals surface area contributed by atoms with Gasteiger partial charge in [0.2, 0.25) is 0 Å². The second kappa shape index (κ2) is 5.94. The normalized spacial score (nSPS) is 50.5. The van der Waals surface area contributed by atoms with E-state index in [1.807, 2.05) is 0 Å². The monoisotopic (exact) mass is 394 g/mol. The number of hydrogen-bond donors (Lipinski definition) is 1. The minimum absolute atomic E-state index is 0.123. The number of aliphatic hydroxyl groups is 1. The standard InChI is InChI=1S/C21H31BrO2/c1-20-9-7-14(23)11-13(20)3-4-15-16-5-6-18(19(24)12-22)21(16,2)10-8-17(15)20/h3,14-18,23H,4-12H2,1-2H3. The molecule has 3 heteroatoms. The van der Waals surface area contributed by atoms with E-state index >= 15 is 0 Å². The van der Waals surface area contributed by atoms with Gasteiger partial charge in [-0.2, -0.15) is 0 Å². The van der Waals surface area contributed by atoms with Gasteiger partial charge in [0.05, 0.1) is 11.4 Å². The lowest BCUT2D eigenvalue weighted by molar-refractivity contribution is -0.127. The number of alkyl halides is 1. The highest BCUT2D eigenvalue weighted by molar-refractivity contribution is 9.09. The highest BCUT2D eigenvalue weighted by Crippen LogP contribution is 2.66. The number of ketones is 1. The summed E-state index contributed by atoms with van der Waals surface area (Å²) in [5.41, 5.74) is 2.07. The summed E-state index contributed by atoms with van der Waals surface area (Å²) in [6.07, 6.45) is 11.4. The molecule has 0 spiro atoms. The van der Waals surface area contributed by atoms with Crippen molar-refractivity contribution in [2.75, 3.05) is 5.33 Å². The molecule has 0 radical (unpaired) electrons. The Morgan fingerprint density at radius 2 is 2.00 bits per heavy atom. The minimum Gasteiger partial charge on any atom is -0.393 e. The summed E-state index contributed by atoms with van der Waals surface area (Å²) < 4.78 is 0. The summed E-state index contributed by atoms with van der Waals surface area (Å²) >= 11 is 3.41. The molecule has 0 amide bonds. The van der Waals surface area contributed by atoms with Gasteiger partial charge in [-0.15, -0.1) is 0 Å². The van der Waals surface area contributed by atoms with Gasteiger partial charge in [-0.25, -0.2) is 0 Å². The van der Waals surface area contributed by atoms with Crippen LogP contribution in [0.1, 0.15) is 65.2 Å². The molecule has 0 aliphatic heterocycles. The Bertz CT molecular complexity index is 570. The summed E-state index contributed by atoms with van der Waals surface area (Å²) in [6, 6.07) is 0. The van der Waals surface area contributed by atoms with Gasteiger partial charge in [0.1, 0.15) is 5.78 Å². The predicted molar refractivity (Wildman–Crippen MR) is 100 cm³/mol. The van der Waals surface area contributed by atoms with Gasteiger partial charge in [0.15, 0.2) is 0 Å². The van der Waals surface area contributed by atoms with Crippen LogP contribution in [0.4, 0.5) is 0 Å². The first kappa shape index (κ1) is 17.3. The van der Waals surface area contributed by atoms with Crippen LogP contribution in [0.2, 0.25) is 0 Å². The van der Waals surface area contributed by atoms with Gasteiger partial charge in [-0.1, -0.05) is 41.4 Å². The van der Waals surface area contributed by atoms with E-state index < -0.39 is 0 Å². The average molecular weight is 395 g/mol. The van der Waals surface area contributed by atoms with Crippen molar-refractivity contribution in [1.29, 1.82) is 0 Å². The van der Waals surface area contributed by atoms with Crippen molar-refractivity contribution in [1.82, 2.24) is 0 Å². The van der Waals surface area contributed by atoms with Crippen LogP contribution < -0.4 is 0 Å². The van der Waals surface area contributed by atoms with E-state index in [4.69, 9.17) is 0 Å². The van der Waals surface area contributed by atoms with Crippen LogP contribution >= 0.6 is 15.9 Å². The van der Waals surface area contributed by atoms with Crippen LogP contribution in [0.3, 0.4) is 0 Å². The minimum atomic E-state index is -0.123. The third-order valence-electron chi connectivity index (χ3n) is 8.60. The van der Waals surface area contributed by atoms with Crippen LogP contribution in [-0.2, 0) is 4.79 Å². The van der Waals surface area contributed by atoms with Gasteiger partial charge < -0.3 is 5.11 Å². The van der Waals surface area contributed by atoms with E-state index in [2.05, 4.69) is 35.9 Å². The third kappa shape index (κ3) is 2.33. The predicted octanol–water partition coefficient (Wildman–Crippen LogP) is 4.89. The summed E-state index contributed by atoms with van der Waals surface area (Å²) in [7, 11) is 0. The average Bonchev–Trinajstić information content (AvgIpc) is 2.92. The van der Waals surface area contributed by atoms with E-state index in [0.717, 1.165) is 37.5 Å². The Kier molecular flexibility index (Phi) is 4.28. The fraction of sp³-hybridized carbons (Fsp3) is 0.857. The highest BCUT2D eigenvalue weighted by Gasteiger charge is 2.59. The van der Waals surface area contributed by atoms with E-state index in [9.17, 15) is 9.90 Å². The summed E-state index contributed by atoms with van der Waals surface area (Å²) in [6.45, 7) is 4.89. The van der Waals surface area contributed by atoms with Crippen LogP contribution in [0.15, 0.2) is 11.6 Å². The molecule has 7 unspecified atom stereocenters. The zero-order valence-corrected chi connectivity index (χ0v) is 16.6. The Morgan fingerprint density at radius 1 is 1.21 bits per heavy atom. The number of aliphatic hydroxyl groups excluding tert-OH is 1. The molecule has 0 aromatic heterocycles. The molecule has 134 valence electrons. The lowest BCUT2D eigenvalue weighted by Crippen LogP contribution is -2.51. The molecule has 7 atom stereocenters. The van der Waals surface area contributed by atoms with Crippen LogP contribution in [0, 0.1) is 34.5 Å². The van der Waals surface area contributed by atoms with Gasteiger partial charge >= 0.3 is 0 Å². The van der Waals surface area contributed by atoms with Crippen molar-refractivity contribution in [2.45, 2.75) is 71.3 Å². The Hall–Kier alpha value is -0.150. The van der Waals surface area contributed by atoms with Crippen molar-refractivity contribution in [2.24, 2.45) is 34.5 Å². The maximum Gasteiger partial charge on any atom is 0.147 e. The highest BCUT2D eigenvalue weighted by atomic mass is 79.9. The number of halogens is 1. The molecule has 1 N–H and O–H groups in total. The van der Waals surface area contributed by atoms with Crippen molar-refractivity contribution >= 4 is 21.7 Å². The van der Waals surface area contributed by atoms with Crippen molar-refractivity contribution in [3.63, 3.8) is 0 Å². The van der Waals surface area contributed by atoms with Crippen molar-refractivity contribution in [3.05, 3.63) is 11.6 Å². The molecule has 4 aliphatic carbocycles. The second-order valence-electron chi connectivity index (χ2n) is 9.43. The summed E-state index contributed by atoms with van der Waals surface area (Å²) in [4.78, 5) is 12.5. The lowest BCUT2D eigenvalue weighted by Gasteiger charge is -2.57.